The molecule has 45 heavy (non-hydrogen) atoms. The van der Waals surface area contributed by atoms with Crippen molar-refractivity contribution in [3.8, 4) is 16.9 Å². The van der Waals surface area contributed by atoms with Gasteiger partial charge in [0.2, 0.25) is 5.95 Å². The van der Waals surface area contributed by atoms with Crippen molar-refractivity contribution in [3.05, 3.63) is 88.6 Å². The SMILES string of the molecule is CNC(=O)c1ccc(-c2cc(OC)c(Nc3ncc(Cl)c(Nc4ccccc4C(N)=O)n3)cc2C(=O)NC2CCNCC2)cc1. The van der Waals surface area contributed by atoms with Gasteiger partial charge in [0.15, 0.2) is 5.82 Å². The Labute approximate surface area is 265 Å². The van der Waals surface area contributed by atoms with E-state index in [1.807, 2.05) is 0 Å². The molecular weight excluding hydrogens is 596 g/mol. The van der Waals surface area contributed by atoms with Gasteiger partial charge in [0.1, 0.15) is 10.8 Å². The van der Waals surface area contributed by atoms with Crippen molar-refractivity contribution >= 4 is 52.5 Å². The number of aromatic nitrogens is 2. The van der Waals surface area contributed by atoms with Gasteiger partial charge >= 0.3 is 0 Å². The van der Waals surface area contributed by atoms with E-state index in [9.17, 15) is 14.4 Å². The number of rotatable bonds is 10. The van der Waals surface area contributed by atoms with Crippen LogP contribution in [0.15, 0.2) is 66.9 Å². The number of amides is 3. The summed E-state index contributed by atoms with van der Waals surface area (Å²) in [6.07, 6.45) is 3.04. The Morgan fingerprint density at radius 3 is 2.38 bits per heavy atom. The number of nitrogens with zero attached hydrogens (tertiary/aromatic N) is 2. The molecule has 0 aliphatic carbocycles. The Morgan fingerprint density at radius 2 is 1.69 bits per heavy atom. The fourth-order valence-corrected chi connectivity index (χ4v) is 5.16. The van der Waals surface area contributed by atoms with Crippen molar-refractivity contribution in [2.24, 2.45) is 5.73 Å². The standard InChI is InChI=1S/C32H33ClN8O4/c1-35-30(43)19-9-7-18(8-10-19)22-16-27(45-2)26(15-23(22)31(44)38-20-11-13-36-14-12-20)40-32-37-17-24(33)29(41-32)39-25-6-4-3-5-21(25)28(34)42/h3-10,15-17,20,36H,11-14H2,1-2H3,(H2,34,42)(H,35,43)(H,38,44)(H2,37,39,40,41). The van der Waals surface area contributed by atoms with E-state index in [4.69, 9.17) is 22.1 Å². The topological polar surface area (TPSA) is 172 Å². The van der Waals surface area contributed by atoms with Gasteiger partial charge < -0.3 is 37.1 Å². The van der Waals surface area contributed by atoms with E-state index >= 15 is 0 Å². The molecule has 0 bridgehead atoms. The van der Waals surface area contributed by atoms with E-state index in [1.54, 1.807) is 67.7 Å². The van der Waals surface area contributed by atoms with Crippen LogP contribution in [0.5, 0.6) is 5.75 Å². The van der Waals surface area contributed by atoms with Crippen molar-refractivity contribution in [2.45, 2.75) is 18.9 Å². The highest BCUT2D eigenvalue weighted by atomic mass is 35.5. The highest BCUT2D eigenvalue weighted by Crippen LogP contribution is 2.36. The van der Waals surface area contributed by atoms with Gasteiger partial charge in [-0.25, -0.2) is 4.98 Å². The zero-order valence-electron chi connectivity index (χ0n) is 24.7. The molecule has 5 rings (SSSR count). The van der Waals surface area contributed by atoms with Gasteiger partial charge in [-0.05, 0) is 73.5 Å². The summed E-state index contributed by atoms with van der Waals surface area (Å²) in [7, 11) is 3.09. The number of nitrogens with one attached hydrogen (secondary N) is 5. The minimum Gasteiger partial charge on any atom is -0.495 e. The minimum absolute atomic E-state index is 0.0252. The lowest BCUT2D eigenvalue weighted by atomic mass is 9.96. The van der Waals surface area contributed by atoms with Crippen molar-refractivity contribution < 1.29 is 19.1 Å². The van der Waals surface area contributed by atoms with Crippen LogP contribution in [0.1, 0.15) is 43.9 Å². The predicted molar refractivity (Wildman–Crippen MR) is 174 cm³/mol. The van der Waals surface area contributed by atoms with E-state index in [-0.39, 0.29) is 40.2 Å². The number of methoxy groups -OCH3 is 1. The molecule has 1 fully saturated rings. The van der Waals surface area contributed by atoms with Crippen LogP contribution in [-0.2, 0) is 0 Å². The van der Waals surface area contributed by atoms with Gasteiger partial charge in [-0.15, -0.1) is 0 Å². The number of para-hydroxylation sites is 1. The first-order valence-electron chi connectivity index (χ1n) is 14.3. The highest BCUT2D eigenvalue weighted by molar-refractivity contribution is 6.33. The maximum atomic E-state index is 13.8. The molecule has 0 saturated carbocycles. The zero-order chi connectivity index (χ0) is 31.9. The zero-order valence-corrected chi connectivity index (χ0v) is 25.5. The third-order valence-electron chi connectivity index (χ3n) is 7.38. The number of carbonyl (C=O) groups excluding carboxylic acids is 3. The molecule has 1 aromatic heterocycles. The molecule has 1 aliphatic heterocycles. The van der Waals surface area contributed by atoms with Crippen LogP contribution in [0, 0.1) is 0 Å². The van der Waals surface area contributed by atoms with Crippen LogP contribution < -0.4 is 37.1 Å². The average Bonchev–Trinajstić information content (AvgIpc) is 3.06. The quantitative estimate of drug-likeness (QED) is 0.150. The largest absolute Gasteiger partial charge is 0.495 e. The van der Waals surface area contributed by atoms with Crippen molar-refractivity contribution in [2.75, 3.05) is 37.9 Å². The van der Waals surface area contributed by atoms with Crippen LogP contribution in [0.2, 0.25) is 5.02 Å². The molecule has 1 aliphatic rings. The van der Waals surface area contributed by atoms with Crippen LogP contribution in [0.4, 0.5) is 23.1 Å². The molecule has 0 atom stereocenters. The predicted octanol–water partition coefficient (Wildman–Crippen LogP) is 4.23. The van der Waals surface area contributed by atoms with Crippen molar-refractivity contribution in [1.82, 2.24) is 25.9 Å². The van der Waals surface area contributed by atoms with Gasteiger partial charge in [0.25, 0.3) is 17.7 Å². The number of benzene rings is 3. The Kier molecular flexibility index (Phi) is 9.76. The highest BCUT2D eigenvalue weighted by Gasteiger charge is 2.22. The van der Waals surface area contributed by atoms with Crippen molar-refractivity contribution in [3.63, 3.8) is 0 Å². The number of piperidine rings is 1. The summed E-state index contributed by atoms with van der Waals surface area (Å²) >= 11 is 6.39. The fraction of sp³-hybridized carbons (Fsp3) is 0.219. The Bertz CT molecular complexity index is 1730. The lowest BCUT2D eigenvalue weighted by Gasteiger charge is -2.24. The Hall–Kier alpha value is -5.20. The summed E-state index contributed by atoms with van der Waals surface area (Å²) in [5.74, 6) is -0.253. The maximum absolute atomic E-state index is 13.8. The number of hydrogen-bond acceptors (Lipinski definition) is 9. The summed E-state index contributed by atoms with van der Waals surface area (Å²) in [5.41, 5.74) is 8.90. The fourth-order valence-electron chi connectivity index (χ4n) is 5.02. The second-order valence-electron chi connectivity index (χ2n) is 10.3. The minimum atomic E-state index is -0.606. The van der Waals surface area contributed by atoms with E-state index in [0.29, 0.717) is 33.8 Å². The lowest BCUT2D eigenvalue weighted by Crippen LogP contribution is -2.42. The lowest BCUT2D eigenvalue weighted by molar-refractivity contribution is 0.0927. The first kappa shape index (κ1) is 31.2. The molecule has 3 aromatic carbocycles. The first-order valence-corrected chi connectivity index (χ1v) is 14.7. The third kappa shape index (κ3) is 7.31. The van der Waals surface area contributed by atoms with E-state index < -0.39 is 5.91 Å². The second-order valence-corrected chi connectivity index (χ2v) is 10.7. The maximum Gasteiger partial charge on any atom is 0.252 e. The molecule has 12 nitrogen and oxygen atoms in total. The van der Waals surface area contributed by atoms with E-state index in [1.165, 1.54) is 13.3 Å². The molecule has 3 amide bonds. The van der Waals surface area contributed by atoms with Crippen LogP contribution in [0.3, 0.4) is 0 Å². The number of halogens is 1. The molecule has 2 heterocycles. The number of hydrogen-bond donors (Lipinski definition) is 6. The van der Waals surface area contributed by atoms with Crippen LogP contribution >= 0.6 is 11.6 Å². The summed E-state index contributed by atoms with van der Waals surface area (Å²) in [5, 5.41) is 15.5. The summed E-state index contributed by atoms with van der Waals surface area (Å²) in [4.78, 5) is 46.6. The first-order chi connectivity index (χ1) is 21.8. The van der Waals surface area contributed by atoms with Crippen molar-refractivity contribution in [1.29, 1.82) is 0 Å². The van der Waals surface area contributed by atoms with Gasteiger partial charge in [0.05, 0.1) is 30.2 Å². The normalized spacial score (nSPS) is 13.0. The smallest absolute Gasteiger partial charge is 0.252 e. The summed E-state index contributed by atoms with van der Waals surface area (Å²) in [6, 6.07) is 17.2. The van der Waals surface area contributed by atoms with Gasteiger partial charge in [0, 0.05) is 24.2 Å². The summed E-state index contributed by atoms with van der Waals surface area (Å²) < 4.78 is 5.72. The Balaban J connectivity index is 1.51. The molecule has 0 unspecified atom stereocenters. The van der Waals surface area contributed by atoms with Crippen LogP contribution in [-0.4, -0.2) is 61.0 Å². The number of primary amides is 1. The monoisotopic (exact) mass is 628 g/mol. The molecule has 7 N–H and O–H groups in total. The molecule has 0 spiro atoms. The third-order valence-corrected chi connectivity index (χ3v) is 7.66. The Morgan fingerprint density at radius 1 is 0.956 bits per heavy atom. The number of ether oxygens (including phenoxy) is 1. The molecule has 13 heteroatoms. The summed E-state index contributed by atoms with van der Waals surface area (Å²) in [6.45, 7) is 1.64. The molecule has 232 valence electrons. The number of anilines is 4. The van der Waals surface area contributed by atoms with Gasteiger partial charge in [-0.3, -0.25) is 14.4 Å². The average molecular weight is 629 g/mol. The molecule has 4 aromatic rings. The molecule has 1 saturated heterocycles. The van der Waals surface area contributed by atoms with E-state index in [0.717, 1.165) is 31.5 Å². The van der Waals surface area contributed by atoms with Gasteiger partial charge in [-0.1, -0.05) is 35.9 Å². The second kappa shape index (κ2) is 14.1. The molecule has 0 radical (unpaired) electrons. The van der Waals surface area contributed by atoms with Crippen LogP contribution in [0.25, 0.3) is 11.1 Å². The van der Waals surface area contributed by atoms with E-state index in [2.05, 4.69) is 36.6 Å². The number of nitrogens with two attached hydrogens (primary N) is 1. The molecular formula is C32H33ClN8O4. The van der Waals surface area contributed by atoms with Gasteiger partial charge in [-0.2, -0.15) is 4.98 Å². The number of carbonyl (C=O) groups is 3.